The fraction of sp³-hybridized carbons (Fsp3) is 0.600. The van der Waals surface area contributed by atoms with Crippen LogP contribution in [0.3, 0.4) is 0 Å². The standard InChI is InChI=1S/C10H18N4/c1-3-5-6-12-10-7-8(11)13-9(4-2)14-10/h7H,3-6H2,1-2H3,(H3,11,12,13,14). The molecule has 0 aliphatic carbocycles. The number of hydrogen-bond acceptors (Lipinski definition) is 4. The topological polar surface area (TPSA) is 63.8 Å². The van der Waals surface area contributed by atoms with E-state index in [-0.39, 0.29) is 0 Å². The molecule has 4 nitrogen and oxygen atoms in total. The van der Waals surface area contributed by atoms with E-state index < -0.39 is 0 Å². The molecular formula is C10H18N4. The van der Waals surface area contributed by atoms with E-state index in [2.05, 4.69) is 22.2 Å². The molecule has 0 saturated heterocycles. The molecule has 0 spiro atoms. The molecule has 0 unspecified atom stereocenters. The van der Waals surface area contributed by atoms with Crippen LogP contribution in [0.1, 0.15) is 32.5 Å². The van der Waals surface area contributed by atoms with Crippen molar-refractivity contribution in [3.8, 4) is 0 Å². The summed E-state index contributed by atoms with van der Waals surface area (Å²) in [5, 5.41) is 3.23. The predicted octanol–water partition coefficient (Wildman–Crippen LogP) is 1.83. The van der Waals surface area contributed by atoms with Gasteiger partial charge in [-0.1, -0.05) is 20.3 Å². The van der Waals surface area contributed by atoms with Crippen LogP contribution in [-0.2, 0) is 6.42 Å². The number of nitrogens with one attached hydrogen (secondary N) is 1. The van der Waals surface area contributed by atoms with Crippen LogP contribution in [0.25, 0.3) is 0 Å². The Hall–Kier alpha value is -1.32. The molecule has 0 aliphatic rings. The van der Waals surface area contributed by atoms with Gasteiger partial charge in [0, 0.05) is 19.0 Å². The maximum Gasteiger partial charge on any atom is 0.132 e. The minimum absolute atomic E-state index is 0.538. The van der Waals surface area contributed by atoms with E-state index in [1.165, 1.54) is 6.42 Å². The Labute approximate surface area is 85.0 Å². The van der Waals surface area contributed by atoms with E-state index in [0.717, 1.165) is 31.0 Å². The number of aromatic nitrogens is 2. The Morgan fingerprint density at radius 3 is 2.79 bits per heavy atom. The zero-order valence-corrected chi connectivity index (χ0v) is 8.88. The van der Waals surface area contributed by atoms with Gasteiger partial charge in [-0.25, -0.2) is 9.97 Å². The summed E-state index contributed by atoms with van der Waals surface area (Å²) in [6, 6.07) is 1.77. The molecule has 3 N–H and O–H groups in total. The van der Waals surface area contributed by atoms with Gasteiger partial charge in [0.1, 0.15) is 17.5 Å². The van der Waals surface area contributed by atoms with E-state index in [1.807, 2.05) is 6.92 Å². The van der Waals surface area contributed by atoms with E-state index >= 15 is 0 Å². The third-order valence-corrected chi connectivity index (χ3v) is 1.94. The third-order valence-electron chi connectivity index (χ3n) is 1.94. The van der Waals surface area contributed by atoms with Crippen molar-refractivity contribution in [2.75, 3.05) is 17.6 Å². The SMILES string of the molecule is CCCCNc1cc(N)nc(CC)n1. The van der Waals surface area contributed by atoms with Crippen LogP contribution in [0.2, 0.25) is 0 Å². The van der Waals surface area contributed by atoms with Gasteiger partial charge in [0.25, 0.3) is 0 Å². The van der Waals surface area contributed by atoms with Crippen molar-refractivity contribution in [2.45, 2.75) is 33.1 Å². The number of nitrogen functional groups attached to an aromatic ring is 1. The molecule has 0 bridgehead atoms. The fourth-order valence-electron chi connectivity index (χ4n) is 1.16. The lowest BCUT2D eigenvalue weighted by Crippen LogP contribution is -2.07. The molecule has 0 amide bonds. The highest BCUT2D eigenvalue weighted by Crippen LogP contribution is 2.08. The number of anilines is 2. The Morgan fingerprint density at radius 2 is 2.14 bits per heavy atom. The Balaban J connectivity index is 2.62. The van der Waals surface area contributed by atoms with Crippen LogP contribution >= 0.6 is 0 Å². The lowest BCUT2D eigenvalue weighted by molar-refractivity contribution is 0.827. The van der Waals surface area contributed by atoms with Crippen LogP contribution in [0.4, 0.5) is 11.6 Å². The first-order chi connectivity index (χ1) is 6.76. The van der Waals surface area contributed by atoms with Gasteiger partial charge in [-0.2, -0.15) is 0 Å². The zero-order chi connectivity index (χ0) is 10.4. The lowest BCUT2D eigenvalue weighted by Gasteiger charge is -2.06. The number of nitrogens with two attached hydrogens (primary N) is 1. The predicted molar refractivity (Wildman–Crippen MR) is 59.2 cm³/mol. The molecule has 78 valence electrons. The maximum atomic E-state index is 5.65. The molecule has 0 fully saturated rings. The molecular weight excluding hydrogens is 176 g/mol. The highest BCUT2D eigenvalue weighted by Gasteiger charge is 1.99. The molecule has 0 atom stereocenters. The largest absolute Gasteiger partial charge is 0.384 e. The molecule has 1 rings (SSSR count). The fourth-order valence-corrected chi connectivity index (χ4v) is 1.16. The highest BCUT2D eigenvalue weighted by atomic mass is 15.0. The molecule has 0 radical (unpaired) electrons. The summed E-state index contributed by atoms with van der Waals surface area (Å²) in [4.78, 5) is 8.43. The first-order valence-corrected chi connectivity index (χ1v) is 5.13. The third kappa shape index (κ3) is 3.20. The van der Waals surface area contributed by atoms with Gasteiger partial charge in [-0.05, 0) is 6.42 Å². The molecule has 4 heteroatoms. The van der Waals surface area contributed by atoms with E-state index in [1.54, 1.807) is 6.07 Å². The molecule has 1 heterocycles. The molecule has 0 saturated carbocycles. The smallest absolute Gasteiger partial charge is 0.132 e. The summed E-state index contributed by atoms with van der Waals surface area (Å²) in [5.41, 5.74) is 5.65. The number of rotatable bonds is 5. The van der Waals surface area contributed by atoms with Crippen molar-refractivity contribution in [3.05, 3.63) is 11.9 Å². The van der Waals surface area contributed by atoms with Gasteiger partial charge in [0.2, 0.25) is 0 Å². The summed E-state index contributed by atoms with van der Waals surface area (Å²) in [7, 11) is 0. The Bertz CT molecular complexity index is 285. The van der Waals surface area contributed by atoms with Crippen LogP contribution in [0.15, 0.2) is 6.07 Å². The maximum absolute atomic E-state index is 5.65. The quantitative estimate of drug-likeness (QED) is 0.702. The average molecular weight is 194 g/mol. The minimum atomic E-state index is 0.538. The molecule has 0 aliphatic heterocycles. The first-order valence-electron chi connectivity index (χ1n) is 5.13. The lowest BCUT2D eigenvalue weighted by atomic mass is 10.3. The second kappa shape index (κ2) is 5.42. The summed E-state index contributed by atoms with van der Waals surface area (Å²) >= 11 is 0. The van der Waals surface area contributed by atoms with Crippen molar-refractivity contribution in [1.29, 1.82) is 0 Å². The number of hydrogen-bond donors (Lipinski definition) is 2. The second-order valence-electron chi connectivity index (χ2n) is 3.23. The molecule has 1 aromatic rings. The summed E-state index contributed by atoms with van der Waals surface area (Å²) in [5.74, 6) is 2.17. The summed E-state index contributed by atoms with van der Waals surface area (Å²) in [6.45, 7) is 5.12. The number of unbranched alkanes of at least 4 members (excludes halogenated alkanes) is 1. The molecule has 0 aromatic carbocycles. The zero-order valence-electron chi connectivity index (χ0n) is 8.88. The van der Waals surface area contributed by atoms with Gasteiger partial charge < -0.3 is 11.1 Å². The number of aryl methyl sites for hydroxylation is 1. The van der Waals surface area contributed by atoms with Gasteiger partial charge in [0.05, 0.1) is 0 Å². The average Bonchev–Trinajstić information content (AvgIpc) is 2.17. The monoisotopic (exact) mass is 194 g/mol. The van der Waals surface area contributed by atoms with E-state index in [9.17, 15) is 0 Å². The first kappa shape index (κ1) is 10.8. The van der Waals surface area contributed by atoms with Gasteiger partial charge >= 0.3 is 0 Å². The second-order valence-corrected chi connectivity index (χ2v) is 3.23. The highest BCUT2D eigenvalue weighted by molar-refractivity contribution is 5.44. The van der Waals surface area contributed by atoms with Crippen molar-refractivity contribution in [3.63, 3.8) is 0 Å². The summed E-state index contributed by atoms with van der Waals surface area (Å²) in [6.07, 6.45) is 3.13. The van der Waals surface area contributed by atoms with Crippen LogP contribution < -0.4 is 11.1 Å². The number of nitrogens with zero attached hydrogens (tertiary/aromatic N) is 2. The van der Waals surface area contributed by atoms with Crippen molar-refractivity contribution < 1.29 is 0 Å². The Kier molecular flexibility index (Phi) is 4.16. The van der Waals surface area contributed by atoms with Crippen LogP contribution in [-0.4, -0.2) is 16.5 Å². The van der Waals surface area contributed by atoms with Gasteiger partial charge in [0.15, 0.2) is 0 Å². The van der Waals surface area contributed by atoms with E-state index in [4.69, 9.17) is 5.73 Å². The summed E-state index contributed by atoms with van der Waals surface area (Å²) < 4.78 is 0. The molecule has 14 heavy (non-hydrogen) atoms. The molecule has 1 aromatic heterocycles. The van der Waals surface area contributed by atoms with E-state index in [0.29, 0.717) is 5.82 Å². The van der Waals surface area contributed by atoms with Gasteiger partial charge in [-0.3, -0.25) is 0 Å². The van der Waals surface area contributed by atoms with Crippen LogP contribution in [0, 0.1) is 0 Å². The van der Waals surface area contributed by atoms with Gasteiger partial charge in [-0.15, -0.1) is 0 Å². The normalized spacial score (nSPS) is 10.1. The van der Waals surface area contributed by atoms with Crippen LogP contribution in [0.5, 0.6) is 0 Å². The van der Waals surface area contributed by atoms with Crippen molar-refractivity contribution in [1.82, 2.24) is 9.97 Å². The Morgan fingerprint density at radius 1 is 1.36 bits per heavy atom. The van der Waals surface area contributed by atoms with Crippen molar-refractivity contribution in [2.24, 2.45) is 0 Å². The van der Waals surface area contributed by atoms with Crippen molar-refractivity contribution >= 4 is 11.6 Å². The minimum Gasteiger partial charge on any atom is -0.384 e.